The average molecular weight is 493 g/mol. The van der Waals surface area contributed by atoms with Gasteiger partial charge in [0.05, 0.1) is 18.1 Å². The molecule has 0 radical (unpaired) electrons. The summed E-state index contributed by atoms with van der Waals surface area (Å²) in [5, 5.41) is 39.2. The first-order valence-corrected chi connectivity index (χ1v) is 12.9. The van der Waals surface area contributed by atoms with Crippen LogP contribution in [-0.4, -0.2) is 84.1 Å². The van der Waals surface area contributed by atoms with Crippen LogP contribution in [0.1, 0.15) is 52.0 Å². The van der Waals surface area contributed by atoms with Crippen molar-refractivity contribution in [3.05, 3.63) is 0 Å². The molecule has 1 aliphatic carbocycles. The number of hydrogen-bond acceptors (Lipinski definition) is 10. The van der Waals surface area contributed by atoms with Gasteiger partial charge in [0.15, 0.2) is 22.1 Å². The Bertz CT molecular complexity index is 1030. The molecule has 2 fully saturated rings. The lowest BCUT2D eigenvalue weighted by molar-refractivity contribution is -0.132. The molecule has 2 aliphatic rings. The van der Waals surface area contributed by atoms with Crippen LogP contribution in [0.3, 0.4) is 0 Å². The third-order valence-electron chi connectivity index (χ3n) is 6.23. The molecule has 12 nitrogen and oxygen atoms in total. The summed E-state index contributed by atoms with van der Waals surface area (Å²) in [6.07, 6.45) is 1.06. The van der Waals surface area contributed by atoms with Gasteiger partial charge in [0, 0.05) is 18.8 Å². The predicted octanol–water partition coefficient (Wildman–Crippen LogP) is 0.223. The van der Waals surface area contributed by atoms with Crippen LogP contribution in [0.4, 0.5) is 5.82 Å². The summed E-state index contributed by atoms with van der Waals surface area (Å²) in [6, 6.07) is -1.32. The minimum atomic E-state index is -1.30. The monoisotopic (exact) mass is 492 g/mol. The van der Waals surface area contributed by atoms with Crippen LogP contribution in [0.5, 0.6) is 0 Å². The molecule has 4 rings (SSSR count). The van der Waals surface area contributed by atoms with Gasteiger partial charge in [0.2, 0.25) is 11.8 Å². The Morgan fingerprint density at radius 2 is 2.06 bits per heavy atom. The highest BCUT2D eigenvalue weighted by Crippen LogP contribution is 2.37. The molecule has 5 unspecified atom stereocenters. The number of nitrogens with zero attached hydrogens (tertiary/aromatic N) is 5. The first kappa shape index (κ1) is 24.6. The number of amides is 2. The van der Waals surface area contributed by atoms with E-state index in [-0.39, 0.29) is 12.3 Å². The Balaban J connectivity index is 1.59. The zero-order valence-electron chi connectivity index (χ0n) is 19.4. The molecule has 186 valence electrons. The lowest BCUT2D eigenvalue weighted by atomic mass is 10.0. The largest absolute Gasteiger partial charge is 0.390 e. The molecular formula is C21H32N8O4S. The number of nitrogens with one attached hydrogen (secondary N) is 3. The van der Waals surface area contributed by atoms with E-state index in [4.69, 9.17) is 0 Å². The molecule has 2 amide bonds. The summed E-state index contributed by atoms with van der Waals surface area (Å²) in [6.45, 7) is 5.41. The highest BCUT2D eigenvalue weighted by atomic mass is 32.2. The fraction of sp³-hybridized carbons (Fsp3) is 0.714. The predicted molar refractivity (Wildman–Crippen MR) is 126 cm³/mol. The second kappa shape index (κ2) is 10.8. The Kier molecular flexibility index (Phi) is 7.84. The number of aliphatic hydroxyl groups is 2. The van der Waals surface area contributed by atoms with E-state index >= 15 is 0 Å². The Labute approximate surface area is 201 Å². The fourth-order valence-electron chi connectivity index (χ4n) is 4.32. The number of unbranched alkanes of at least 4 members (excludes halogenated alkanes) is 1. The van der Waals surface area contributed by atoms with Gasteiger partial charge in [-0.15, -0.1) is 5.10 Å². The zero-order valence-corrected chi connectivity index (χ0v) is 20.2. The number of thioether (sulfide) groups is 1. The van der Waals surface area contributed by atoms with Gasteiger partial charge in [-0.1, -0.05) is 37.2 Å². The van der Waals surface area contributed by atoms with E-state index in [0.717, 1.165) is 31.6 Å². The maximum absolute atomic E-state index is 12.8. The molecule has 1 aliphatic heterocycles. The Morgan fingerprint density at radius 1 is 1.24 bits per heavy atom. The van der Waals surface area contributed by atoms with E-state index in [9.17, 15) is 19.8 Å². The third kappa shape index (κ3) is 4.96. The van der Waals surface area contributed by atoms with Gasteiger partial charge in [-0.3, -0.25) is 9.59 Å². The van der Waals surface area contributed by atoms with Crippen LogP contribution >= 0.6 is 11.8 Å². The van der Waals surface area contributed by atoms with Crippen LogP contribution < -0.4 is 16.0 Å². The van der Waals surface area contributed by atoms with Crippen LogP contribution in [-0.2, 0) is 9.59 Å². The fourth-order valence-corrected chi connectivity index (χ4v) is 5.01. The molecule has 1 saturated heterocycles. The number of carbonyl (C=O) groups excluding carboxylic acids is 2. The van der Waals surface area contributed by atoms with E-state index in [0.29, 0.717) is 35.1 Å². The third-order valence-corrected chi connectivity index (χ3v) is 7.28. The van der Waals surface area contributed by atoms with Crippen molar-refractivity contribution in [2.75, 3.05) is 24.2 Å². The average Bonchev–Trinajstić information content (AvgIpc) is 3.51. The number of hydrogen-bond donors (Lipinski definition) is 5. The maximum atomic E-state index is 12.8. The second-order valence-corrected chi connectivity index (χ2v) is 9.78. The second-order valence-electron chi connectivity index (χ2n) is 8.72. The van der Waals surface area contributed by atoms with Gasteiger partial charge >= 0.3 is 0 Å². The summed E-state index contributed by atoms with van der Waals surface area (Å²) in [7, 11) is 0. The van der Waals surface area contributed by atoms with Crippen molar-refractivity contribution in [1.82, 2.24) is 35.6 Å². The molecule has 34 heavy (non-hydrogen) atoms. The van der Waals surface area contributed by atoms with E-state index in [2.05, 4.69) is 50.1 Å². The molecule has 5 N–H and O–H groups in total. The Hall–Kier alpha value is -2.51. The molecule has 0 spiro atoms. The quantitative estimate of drug-likeness (QED) is 0.176. The lowest BCUT2D eigenvalue weighted by Gasteiger charge is -2.18. The number of aliphatic hydroxyl groups excluding tert-OH is 2. The number of fused-ring (bicyclic) bond motifs is 1. The molecule has 3 heterocycles. The van der Waals surface area contributed by atoms with E-state index in [1.54, 1.807) is 0 Å². The van der Waals surface area contributed by atoms with Crippen molar-refractivity contribution >= 4 is 40.6 Å². The first-order chi connectivity index (χ1) is 16.4. The number of aromatic nitrogens is 5. The molecule has 13 heteroatoms. The smallest absolute Gasteiger partial charge is 0.242 e. The van der Waals surface area contributed by atoms with Crippen molar-refractivity contribution in [1.29, 1.82) is 0 Å². The standard InChI is InChI=1S/C21H32N8O4S/c1-3-5-7-22-17-14-18(26-21(25-17)34-9-4-2)29(28-27-14)13-10-11(15(30)16(13)31)19(32)24-12-6-8-23-20(12)33/h11-13,15-16,30-31H,3-10H2,1-2H3,(H,23,33)(H,24,32)(H,22,25,26). The van der Waals surface area contributed by atoms with Gasteiger partial charge < -0.3 is 26.2 Å². The van der Waals surface area contributed by atoms with Crippen LogP contribution in [0.25, 0.3) is 11.2 Å². The van der Waals surface area contributed by atoms with Crippen molar-refractivity contribution in [3.63, 3.8) is 0 Å². The number of anilines is 1. The number of rotatable bonds is 10. The summed E-state index contributed by atoms with van der Waals surface area (Å²) in [4.78, 5) is 33.9. The number of carbonyl (C=O) groups is 2. The summed E-state index contributed by atoms with van der Waals surface area (Å²) in [5.41, 5.74) is 0.925. The normalized spacial score (nSPS) is 26.7. The summed E-state index contributed by atoms with van der Waals surface area (Å²) in [5.74, 6) is -0.153. The van der Waals surface area contributed by atoms with Crippen molar-refractivity contribution in [3.8, 4) is 0 Å². The molecule has 0 aromatic carbocycles. The molecule has 2 aromatic heterocycles. The van der Waals surface area contributed by atoms with E-state index < -0.39 is 36.1 Å². The molecule has 2 aromatic rings. The van der Waals surface area contributed by atoms with Crippen LogP contribution in [0.15, 0.2) is 5.16 Å². The topological polar surface area (TPSA) is 167 Å². The van der Waals surface area contributed by atoms with Gasteiger partial charge in [-0.25, -0.2) is 14.6 Å². The Morgan fingerprint density at radius 3 is 2.76 bits per heavy atom. The van der Waals surface area contributed by atoms with E-state index in [1.165, 1.54) is 16.4 Å². The van der Waals surface area contributed by atoms with Gasteiger partial charge in [-0.05, 0) is 25.7 Å². The van der Waals surface area contributed by atoms with Crippen molar-refractivity contribution in [2.45, 2.75) is 75.4 Å². The summed E-state index contributed by atoms with van der Waals surface area (Å²) >= 11 is 1.52. The van der Waals surface area contributed by atoms with E-state index in [1.807, 2.05) is 0 Å². The molecule has 0 bridgehead atoms. The lowest BCUT2D eigenvalue weighted by Crippen LogP contribution is -2.45. The highest BCUT2D eigenvalue weighted by Gasteiger charge is 2.47. The zero-order chi connectivity index (χ0) is 24.2. The molecule has 5 atom stereocenters. The summed E-state index contributed by atoms with van der Waals surface area (Å²) < 4.78 is 1.49. The van der Waals surface area contributed by atoms with Crippen molar-refractivity contribution in [2.24, 2.45) is 5.92 Å². The van der Waals surface area contributed by atoms with Gasteiger partial charge in [-0.2, -0.15) is 0 Å². The first-order valence-electron chi connectivity index (χ1n) is 11.9. The maximum Gasteiger partial charge on any atom is 0.242 e. The van der Waals surface area contributed by atoms with Gasteiger partial charge in [0.25, 0.3) is 0 Å². The minimum absolute atomic E-state index is 0.140. The van der Waals surface area contributed by atoms with Crippen LogP contribution in [0, 0.1) is 5.92 Å². The van der Waals surface area contributed by atoms with Crippen molar-refractivity contribution < 1.29 is 19.8 Å². The molecule has 1 saturated carbocycles. The van der Waals surface area contributed by atoms with Crippen LogP contribution in [0.2, 0.25) is 0 Å². The SMILES string of the molecule is CCCCNc1nc(SCCC)nc2c1nnn2C1CC(C(=O)NC2CCNC2=O)C(O)C1O. The highest BCUT2D eigenvalue weighted by molar-refractivity contribution is 7.99. The molecular weight excluding hydrogens is 460 g/mol. The van der Waals surface area contributed by atoms with Gasteiger partial charge in [0.1, 0.15) is 12.1 Å². The minimum Gasteiger partial charge on any atom is -0.390 e.